The smallest absolute Gasteiger partial charge is 0.294 e. The fourth-order valence-electron chi connectivity index (χ4n) is 5.37. The molecule has 0 spiro atoms. The van der Waals surface area contributed by atoms with Crippen molar-refractivity contribution in [3.63, 3.8) is 0 Å². The molecular weight excluding hydrogens is 471 g/mol. The van der Waals surface area contributed by atoms with Gasteiger partial charge in [-0.15, -0.1) is 5.10 Å². The van der Waals surface area contributed by atoms with Gasteiger partial charge in [0.25, 0.3) is 5.91 Å². The number of hydrogen-bond donors (Lipinski definition) is 0. The Balaban J connectivity index is 1.36. The normalized spacial score (nSPS) is 19.2. The molecule has 6 rings (SSSR count). The number of piperidine rings is 1. The van der Waals surface area contributed by atoms with Crippen molar-refractivity contribution in [2.45, 2.75) is 37.8 Å². The summed E-state index contributed by atoms with van der Waals surface area (Å²) in [5, 5.41) is 10.7. The molecule has 2 aliphatic rings. The molecule has 2 aromatic carbocycles. The van der Waals surface area contributed by atoms with Crippen LogP contribution in [0.3, 0.4) is 0 Å². The SMILES string of the molecule is Cn1nc2c(c1-c1cccc(Cl)c1)C[C@@H]1CCC[C@H]2N1C(=O)c1ncn(-c2cccc(Cl)c2)n1. The van der Waals surface area contributed by atoms with Crippen molar-refractivity contribution in [3.05, 3.63) is 82.0 Å². The van der Waals surface area contributed by atoms with E-state index in [9.17, 15) is 4.79 Å². The number of nitrogens with zero attached hydrogens (tertiary/aromatic N) is 6. The molecule has 34 heavy (non-hydrogen) atoms. The quantitative estimate of drug-likeness (QED) is 0.390. The van der Waals surface area contributed by atoms with Gasteiger partial charge in [-0.25, -0.2) is 9.67 Å². The number of fused-ring (bicyclic) bond motifs is 4. The van der Waals surface area contributed by atoms with E-state index >= 15 is 0 Å². The fourth-order valence-corrected chi connectivity index (χ4v) is 5.74. The summed E-state index contributed by atoms with van der Waals surface area (Å²) in [6.07, 6.45) is 5.19. The van der Waals surface area contributed by atoms with Gasteiger partial charge in [-0.2, -0.15) is 5.10 Å². The monoisotopic (exact) mass is 492 g/mol. The molecule has 0 unspecified atom stereocenters. The zero-order valence-corrected chi connectivity index (χ0v) is 20.0. The fraction of sp³-hybridized carbons (Fsp3) is 0.280. The maximum Gasteiger partial charge on any atom is 0.294 e. The van der Waals surface area contributed by atoms with Crippen LogP contribution in [0.15, 0.2) is 54.9 Å². The molecule has 4 heterocycles. The number of carbonyl (C=O) groups is 1. The van der Waals surface area contributed by atoms with Crippen LogP contribution in [0.2, 0.25) is 10.0 Å². The Kier molecular flexibility index (Phi) is 5.19. The molecule has 172 valence electrons. The van der Waals surface area contributed by atoms with Crippen LogP contribution in [-0.4, -0.2) is 41.4 Å². The number of halogens is 2. The Bertz CT molecular complexity index is 1410. The lowest BCUT2D eigenvalue weighted by atomic mass is 9.81. The molecule has 1 saturated heterocycles. The topological polar surface area (TPSA) is 68.8 Å². The molecule has 1 amide bonds. The summed E-state index contributed by atoms with van der Waals surface area (Å²) in [6, 6.07) is 15.2. The van der Waals surface area contributed by atoms with Gasteiger partial charge in [-0.1, -0.05) is 41.4 Å². The number of aromatic nitrogens is 5. The van der Waals surface area contributed by atoms with Crippen molar-refractivity contribution in [2.75, 3.05) is 0 Å². The molecule has 0 N–H and O–H groups in total. The second kappa shape index (κ2) is 8.25. The summed E-state index contributed by atoms with van der Waals surface area (Å²) in [7, 11) is 1.96. The summed E-state index contributed by atoms with van der Waals surface area (Å²) in [5.41, 5.74) is 5.06. The van der Waals surface area contributed by atoms with Crippen LogP contribution in [0.1, 0.15) is 47.2 Å². The first-order chi connectivity index (χ1) is 16.5. The molecule has 2 bridgehead atoms. The molecule has 2 atom stereocenters. The Morgan fingerprint density at radius 1 is 1.03 bits per heavy atom. The minimum absolute atomic E-state index is 0.0824. The van der Waals surface area contributed by atoms with Crippen LogP contribution in [0.5, 0.6) is 0 Å². The van der Waals surface area contributed by atoms with Crippen LogP contribution in [0.4, 0.5) is 0 Å². The van der Waals surface area contributed by atoms with Crippen LogP contribution in [0.25, 0.3) is 16.9 Å². The van der Waals surface area contributed by atoms with Crippen LogP contribution >= 0.6 is 23.2 Å². The summed E-state index contributed by atoms with van der Waals surface area (Å²) in [4.78, 5) is 19.9. The van der Waals surface area contributed by atoms with Gasteiger partial charge in [-0.3, -0.25) is 9.48 Å². The van der Waals surface area contributed by atoms with Crippen LogP contribution in [-0.2, 0) is 13.5 Å². The van der Waals surface area contributed by atoms with Crippen LogP contribution in [0, 0.1) is 0 Å². The van der Waals surface area contributed by atoms with Crippen molar-refractivity contribution in [3.8, 4) is 16.9 Å². The van der Waals surface area contributed by atoms with E-state index in [1.54, 1.807) is 23.1 Å². The standard InChI is InChI=1S/C25H22Cl2N6O/c1-31-23(15-5-2-6-16(26)11-15)20-13-19-9-4-10-21(22(20)29-31)33(19)25(34)24-28-14-32(30-24)18-8-3-7-17(27)12-18/h2-3,5-8,11-12,14,19,21H,4,9-10,13H2,1H3/t19-,21+/m0/s1. The number of rotatable bonds is 3. The van der Waals surface area contributed by atoms with E-state index in [1.165, 1.54) is 5.56 Å². The van der Waals surface area contributed by atoms with Crippen molar-refractivity contribution in [2.24, 2.45) is 7.05 Å². The highest BCUT2D eigenvalue weighted by molar-refractivity contribution is 6.31. The molecule has 7 nitrogen and oxygen atoms in total. The van der Waals surface area contributed by atoms with Gasteiger partial charge < -0.3 is 4.90 Å². The maximum absolute atomic E-state index is 13.7. The van der Waals surface area contributed by atoms with E-state index in [-0.39, 0.29) is 23.8 Å². The lowest BCUT2D eigenvalue weighted by Gasteiger charge is -2.44. The van der Waals surface area contributed by atoms with E-state index in [0.717, 1.165) is 48.3 Å². The lowest BCUT2D eigenvalue weighted by molar-refractivity contribution is 0.0379. The third-order valence-electron chi connectivity index (χ3n) is 6.76. The Morgan fingerprint density at radius 2 is 1.82 bits per heavy atom. The Hall–Kier alpha value is -3.16. The Labute approximate surface area is 206 Å². The molecule has 1 fully saturated rings. The molecule has 0 aliphatic carbocycles. The van der Waals surface area contributed by atoms with E-state index in [2.05, 4.69) is 16.1 Å². The average Bonchev–Trinajstić information content (AvgIpc) is 3.43. The first-order valence-electron chi connectivity index (χ1n) is 11.3. The van der Waals surface area contributed by atoms with Gasteiger partial charge in [0.2, 0.25) is 5.82 Å². The van der Waals surface area contributed by atoms with E-state index in [4.69, 9.17) is 28.3 Å². The van der Waals surface area contributed by atoms with Gasteiger partial charge in [0, 0.05) is 34.3 Å². The van der Waals surface area contributed by atoms with Gasteiger partial charge >= 0.3 is 0 Å². The Morgan fingerprint density at radius 3 is 2.62 bits per heavy atom. The highest BCUT2D eigenvalue weighted by Gasteiger charge is 2.44. The number of benzene rings is 2. The minimum atomic E-state index is -0.156. The first kappa shape index (κ1) is 21.4. The van der Waals surface area contributed by atoms with Gasteiger partial charge in [0.1, 0.15) is 6.33 Å². The number of amides is 1. The van der Waals surface area contributed by atoms with Crippen molar-refractivity contribution >= 4 is 29.1 Å². The maximum atomic E-state index is 13.7. The largest absolute Gasteiger partial charge is 0.324 e. The predicted octanol–water partition coefficient (Wildman–Crippen LogP) is 5.27. The first-order valence-corrected chi connectivity index (χ1v) is 12.1. The zero-order valence-electron chi connectivity index (χ0n) is 18.5. The lowest BCUT2D eigenvalue weighted by Crippen LogP contribution is -2.50. The third-order valence-corrected chi connectivity index (χ3v) is 7.23. The third kappa shape index (κ3) is 3.51. The highest BCUT2D eigenvalue weighted by Crippen LogP contribution is 2.45. The molecule has 0 saturated carbocycles. The number of aryl methyl sites for hydroxylation is 1. The molecule has 2 aromatic heterocycles. The summed E-state index contributed by atoms with van der Waals surface area (Å²) < 4.78 is 3.51. The summed E-state index contributed by atoms with van der Waals surface area (Å²) in [5.74, 6) is 0.0300. The van der Waals surface area contributed by atoms with E-state index in [1.807, 2.05) is 47.0 Å². The summed E-state index contributed by atoms with van der Waals surface area (Å²) >= 11 is 12.4. The number of hydrogen-bond acceptors (Lipinski definition) is 4. The zero-order chi connectivity index (χ0) is 23.4. The van der Waals surface area contributed by atoms with E-state index < -0.39 is 0 Å². The minimum Gasteiger partial charge on any atom is -0.324 e. The second-order valence-electron chi connectivity index (χ2n) is 8.86. The number of carbonyl (C=O) groups excluding carboxylic acids is 1. The molecule has 4 aromatic rings. The van der Waals surface area contributed by atoms with E-state index in [0.29, 0.717) is 10.0 Å². The van der Waals surface area contributed by atoms with Crippen molar-refractivity contribution in [1.29, 1.82) is 0 Å². The van der Waals surface area contributed by atoms with Crippen LogP contribution < -0.4 is 0 Å². The van der Waals surface area contributed by atoms with Gasteiger partial charge in [-0.05, 0) is 56.0 Å². The van der Waals surface area contributed by atoms with Crippen molar-refractivity contribution in [1.82, 2.24) is 29.4 Å². The highest BCUT2D eigenvalue weighted by atomic mass is 35.5. The molecule has 2 aliphatic heterocycles. The van der Waals surface area contributed by atoms with Crippen molar-refractivity contribution < 1.29 is 4.79 Å². The predicted molar refractivity (Wildman–Crippen MR) is 130 cm³/mol. The molecular formula is C25H22Cl2N6O. The summed E-state index contributed by atoms with van der Waals surface area (Å²) in [6.45, 7) is 0. The second-order valence-corrected chi connectivity index (χ2v) is 9.73. The van der Waals surface area contributed by atoms with Gasteiger partial charge in [0.05, 0.1) is 23.1 Å². The average molecular weight is 493 g/mol. The molecule has 0 radical (unpaired) electrons. The van der Waals surface area contributed by atoms with Gasteiger partial charge in [0.15, 0.2) is 0 Å². The molecule has 9 heteroatoms.